The summed E-state index contributed by atoms with van der Waals surface area (Å²) >= 11 is 0. The molecule has 0 aliphatic carbocycles. The van der Waals surface area contributed by atoms with Gasteiger partial charge in [0.1, 0.15) is 5.78 Å². The van der Waals surface area contributed by atoms with Gasteiger partial charge in [-0.05, 0) is 20.4 Å². The van der Waals surface area contributed by atoms with Crippen LogP contribution >= 0.6 is 0 Å². The molecule has 0 saturated carbocycles. The largest absolute Gasteiger partial charge is 0.311 e. The zero-order chi connectivity index (χ0) is 12.6. The lowest BCUT2D eigenvalue weighted by Gasteiger charge is -2.07. The van der Waals surface area contributed by atoms with Gasteiger partial charge in [-0.1, -0.05) is 48.5 Å². The van der Waals surface area contributed by atoms with Crippen molar-refractivity contribution in [3.8, 4) is 0 Å². The molecule has 2 nitrogen and oxygen atoms in total. The van der Waals surface area contributed by atoms with Crippen molar-refractivity contribution in [1.82, 2.24) is 5.32 Å². The Bertz CT molecular complexity index is 78.4. The van der Waals surface area contributed by atoms with Crippen molar-refractivity contribution < 1.29 is 4.79 Å². The number of likely N-dealkylation sites (N-methyl/N-ethyl adjacent to an activating group) is 1. The average molecular weight is 205 g/mol. The minimum atomic E-state index is 0.0648. The van der Waals surface area contributed by atoms with Gasteiger partial charge in [-0.3, -0.25) is 4.79 Å². The first-order valence-electron chi connectivity index (χ1n) is 5.90. The molecule has 14 heavy (non-hydrogen) atoms. The van der Waals surface area contributed by atoms with Crippen molar-refractivity contribution in [3.63, 3.8) is 0 Å². The maximum absolute atomic E-state index is 10.5. The number of carbonyl (C=O) groups excluding carboxylic acids is 1. The van der Waals surface area contributed by atoms with Crippen molar-refractivity contribution in [1.29, 1.82) is 0 Å². The SMILES string of the molecule is CC.CC.CC.CCC(NC)C(C)=O. The summed E-state index contributed by atoms with van der Waals surface area (Å²) in [5.41, 5.74) is 0. The molecule has 0 spiro atoms. The molecule has 0 fully saturated rings. The van der Waals surface area contributed by atoms with Gasteiger partial charge >= 0.3 is 0 Å². The van der Waals surface area contributed by atoms with Crippen LogP contribution in [0.5, 0.6) is 0 Å². The van der Waals surface area contributed by atoms with Crippen LogP contribution in [-0.2, 0) is 4.79 Å². The van der Waals surface area contributed by atoms with E-state index in [0.717, 1.165) is 6.42 Å². The maximum Gasteiger partial charge on any atom is 0.146 e. The normalized spacial score (nSPS) is 8.93. The Morgan fingerprint density at radius 2 is 1.36 bits per heavy atom. The molecule has 0 aromatic rings. The number of carbonyl (C=O) groups is 1. The van der Waals surface area contributed by atoms with Crippen molar-refractivity contribution in [3.05, 3.63) is 0 Å². The van der Waals surface area contributed by atoms with Gasteiger partial charge in [0.25, 0.3) is 0 Å². The van der Waals surface area contributed by atoms with E-state index in [-0.39, 0.29) is 11.8 Å². The first-order valence-corrected chi connectivity index (χ1v) is 5.90. The van der Waals surface area contributed by atoms with E-state index in [2.05, 4.69) is 5.32 Å². The quantitative estimate of drug-likeness (QED) is 0.762. The van der Waals surface area contributed by atoms with Crippen LogP contribution in [0.15, 0.2) is 0 Å². The molecule has 0 heterocycles. The zero-order valence-corrected chi connectivity index (χ0v) is 11.7. The van der Waals surface area contributed by atoms with Crippen molar-refractivity contribution in [2.24, 2.45) is 0 Å². The smallest absolute Gasteiger partial charge is 0.146 e. The summed E-state index contributed by atoms with van der Waals surface area (Å²) in [5, 5.41) is 2.90. The third-order valence-corrected chi connectivity index (χ3v) is 1.25. The Morgan fingerprint density at radius 3 is 1.36 bits per heavy atom. The number of ketones is 1. The molecule has 1 unspecified atom stereocenters. The van der Waals surface area contributed by atoms with Crippen LogP contribution in [0, 0.1) is 0 Å². The highest BCUT2D eigenvalue weighted by Crippen LogP contribution is 1.88. The van der Waals surface area contributed by atoms with E-state index >= 15 is 0 Å². The van der Waals surface area contributed by atoms with Crippen LogP contribution in [0.1, 0.15) is 61.8 Å². The van der Waals surface area contributed by atoms with Crippen LogP contribution in [0.25, 0.3) is 0 Å². The summed E-state index contributed by atoms with van der Waals surface area (Å²) in [6.07, 6.45) is 0.881. The fraction of sp³-hybridized carbons (Fsp3) is 0.917. The second-order valence-corrected chi connectivity index (χ2v) is 1.86. The van der Waals surface area contributed by atoms with Gasteiger partial charge in [0.15, 0.2) is 0 Å². The molecule has 0 aromatic carbocycles. The van der Waals surface area contributed by atoms with Crippen LogP contribution < -0.4 is 5.32 Å². The molecular weight excluding hydrogens is 174 g/mol. The molecule has 1 N–H and O–H groups in total. The minimum Gasteiger partial charge on any atom is -0.311 e. The summed E-state index contributed by atoms with van der Waals surface area (Å²) in [4.78, 5) is 10.5. The fourth-order valence-corrected chi connectivity index (χ4v) is 0.695. The van der Waals surface area contributed by atoms with Gasteiger partial charge in [-0.2, -0.15) is 0 Å². The van der Waals surface area contributed by atoms with Crippen LogP contribution in [0.4, 0.5) is 0 Å². The molecule has 0 aliphatic heterocycles. The summed E-state index contributed by atoms with van der Waals surface area (Å²) in [6, 6.07) is 0.0648. The van der Waals surface area contributed by atoms with Crippen molar-refractivity contribution in [2.75, 3.05) is 7.05 Å². The summed E-state index contributed by atoms with van der Waals surface area (Å²) in [6.45, 7) is 15.6. The summed E-state index contributed by atoms with van der Waals surface area (Å²) in [5.74, 6) is 0.218. The standard InChI is InChI=1S/C6H13NO.3C2H6/c1-4-6(7-3)5(2)8;3*1-2/h6-7H,4H2,1-3H3;3*1-2H3. The molecule has 0 aromatic heterocycles. The maximum atomic E-state index is 10.5. The molecule has 0 saturated heterocycles. The van der Waals surface area contributed by atoms with Gasteiger partial charge < -0.3 is 5.32 Å². The van der Waals surface area contributed by atoms with Crippen molar-refractivity contribution >= 4 is 5.78 Å². The van der Waals surface area contributed by atoms with Gasteiger partial charge in [-0.25, -0.2) is 0 Å². The van der Waals surface area contributed by atoms with Crippen molar-refractivity contribution in [2.45, 2.75) is 67.9 Å². The highest BCUT2D eigenvalue weighted by Gasteiger charge is 2.05. The molecule has 2 heteroatoms. The Balaban J connectivity index is -0.0000000708. The predicted molar refractivity (Wildman–Crippen MR) is 67.9 cm³/mol. The van der Waals surface area contributed by atoms with E-state index < -0.39 is 0 Å². The third kappa shape index (κ3) is 22.6. The molecule has 1 atom stereocenters. The van der Waals surface area contributed by atoms with Gasteiger partial charge in [0.05, 0.1) is 6.04 Å². The minimum absolute atomic E-state index is 0.0648. The lowest BCUT2D eigenvalue weighted by atomic mass is 10.1. The number of Topliss-reactive ketones (excluding diaryl/α,β-unsaturated/α-hetero) is 1. The first-order chi connectivity index (χ1) is 6.72. The van der Waals surface area contributed by atoms with E-state index in [1.54, 1.807) is 14.0 Å². The fourth-order valence-electron chi connectivity index (χ4n) is 0.695. The Labute approximate surface area is 91.5 Å². The van der Waals surface area contributed by atoms with E-state index in [4.69, 9.17) is 0 Å². The zero-order valence-electron chi connectivity index (χ0n) is 11.7. The predicted octanol–water partition coefficient (Wildman–Crippen LogP) is 3.65. The van der Waals surface area contributed by atoms with Crippen LogP contribution in [0.3, 0.4) is 0 Å². The number of hydrogen-bond acceptors (Lipinski definition) is 2. The van der Waals surface area contributed by atoms with E-state index in [1.807, 2.05) is 48.5 Å². The molecule has 0 rings (SSSR count). The molecule has 90 valence electrons. The van der Waals surface area contributed by atoms with E-state index in [1.165, 1.54) is 0 Å². The summed E-state index contributed by atoms with van der Waals surface area (Å²) in [7, 11) is 1.80. The van der Waals surface area contributed by atoms with Crippen LogP contribution in [-0.4, -0.2) is 18.9 Å². The van der Waals surface area contributed by atoms with Gasteiger partial charge in [-0.15, -0.1) is 0 Å². The van der Waals surface area contributed by atoms with Gasteiger partial charge in [0, 0.05) is 0 Å². The molecule has 0 aliphatic rings. The molecule has 0 radical (unpaired) electrons. The second-order valence-electron chi connectivity index (χ2n) is 1.86. The van der Waals surface area contributed by atoms with Gasteiger partial charge in [0.2, 0.25) is 0 Å². The number of rotatable bonds is 3. The lowest BCUT2D eigenvalue weighted by Crippen LogP contribution is -2.31. The number of hydrogen-bond donors (Lipinski definition) is 1. The molecular formula is C12H31NO. The topological polar surface area (TPSA) is 29.1 Å². The monoisotopic (exact) mass is 205 g/mol. The lowest BCUT2D eigenvalue weighted by molar-refractivity contribution is -0.118. The molecule has 0 amide bonds. The number of nitrogens with one attached hydrogen (secondary N) is 1. The highest BCUT2D eigenvalue weighted by atomic mass is 16.1. The Hall–Kier alpha value is -0.370. The summed E-state index contributed by atoms with van der Waals surface area (Å²) < 4.78 is 0. The first kappa shape index (κ1) is 23.4. The Kier molecular flexibility index (Phi) is 49.1. The highest BCUT2D eigenvalue weighted by molar-refractivity contribution is 5.81. The average Bonchev–Trinajstić information content (AvgIpc) is 2.28. The third-order valence-electron chi connectivity index (χ3n) is 1.25. The Morgan fingerprint density at radius 1 is 1.07 bits per heavy atom. The molecule has 0 bridgehead atoms. The van der Waals surface area contributed by atoms with E-state index in [9.17, 15) is 4.79 Å². The van der Waals surface area contributed by atoms with E-state index in [0.29, 0.717) is 0 Å². The second kappa shape index (κ2) is 29.3. The van der Waals surface area contributed by atoms with Crippen LogP contribution in [0.2, 0.25) is 0 Å².